The summed E-state index contributed by atoms with van der Waals surface area (Å²) in [4.78, 5) is 12.7. The van der Waals surface area contributed by atoms with Gasteiger partial charge in [0.2, 0.25) is 0 Å². The van der Waals surface area contributed by atoms with Crippen LogP contribution in [-0.2, 0) is 10.4 Å². The fraction of sp³-hybridized carbons (Fsp3) is 0.286. The molecule has 0 aliphatic rings. The number of Topliss-reactive ketones (excluding diaryl/α,β-unsaturated/α-hetero) is 1. The predicted molar refractivity (Wildman–Crippen MR) is 163 cm³/mol. The number of hydrogen-bond donors (Lipinski definition) is 1. The molecular weight excluding hydrogens is 483 g/mol. The molecule has 0 bridgehead atoms. The zero-order chi connectivity index (χ0) is 26.8. The molecule has 2 nitrogen and oxygen atoms in total. The maximum Gasteiger partial charge on any atom is 0.136 e. The summed E-state index contributed by atoms with van der Waals surface area (Å²) in [6.45, 7) is 4.39. The van der Waals surface area contributed by atoms with Crippen LogP contribution in [0, 0.1) is 0 Å². The van der Waals surface area contributed by atoms with Crippen molar-refractivity contribution in [2.45, 2.75) is 63.6 Å². The topological polar surface area (TPSA) is 37.3 Å². The van der Waals surface area contributed by atoms with Crippen LogP contribution in [0.2, 0.25) is 0 Å². The molecule has 3 heteroatoms. The average Bonchev–Trinajstić information content (AvgIpc) is 2.96. The molecule has 0 heterocycles. The summed E-state index contributed by atoms with van der Waals surface area (Å²) in [5.41, 5.74) is 0.0500. The van der Waals surface area contributed by atoms with Gasteiger partial charge in [0, 0.05) is 12.8 Å². The largest absolute Gasteiger partial charge is 0.385 e. The quantitative estimate of drug-likeness (QED) is 0.188. The smallest absolute Gasteiger partial charge is 0.136 e. The van der Waals surface area contributed by atoms with Crippen molar-refractivity contribution in [3.63, 3.8) is 0 Å². The van der Waals surface area contributed by atoms with E-state index < -0.39 is 12.9 Å². The molecular formula is C35H40O2P+. The van der Waals surface area contributed by atoms with Crippen molar-refractivity contribution < 1.29 is 9.90 Å². The Bertz CT molecular complexity index is 1160. The molecule has 2 unspecified atom stereocenters. The van der Waals surface area contributed by atoms with Gasteiger partial charge in [-0.1, -0.05) is 91.9 Å². The van der Waals surface area contributed by atoms with E-state index in [1.165, 1.54) is 15.9 Å². The van der Waals surface area contributed by atoms with Gasteiger partial charge in [0.05, 0.1) is 11.3 Å². The summed E-state index contributed by atoms with van der Waals surface area (Å²) < 4.78 is 0. The van der Waals surface area contributed by atoms with Crippen LogP contribution in [0.5, 0.6) is 0 Å². The highest BCUT2D eigenvalue weighted by Gasteiger charge is 2.50. The molecule has 0 fully saturated rings. The zero-order valence-electron chi connectivity index (χ0n) is 22.7. The van der Waals surface area contributed by atoms with Crippen molar-refractivity contribution >= 4 is 29.0 Å². The minimum absolute atomic E-state index is 0.131. The van der Waals surface area contributed by atoms with Gasteiger partial charge in [-0.2, -0.15) is 0 Å². The zero-order valence-corrected chi connectivity index (χ0v) is 23.6. The first kappa shape index (κ1) is 28.0. The van der Waals surface area contributed by atoms with E-state index >= 15 is 0 Å². The molecule has 4 aromatic rings. The van der Waals surface area contributed by atoms with Crippen LogP contribution < -0.4 is 15.9 Å². The second-order valence-electron chi connectivity index (χ2n) is 10.3. The molecule has 0 amide bonds. The highest BCUT2D eigenvalue weighted by molar-refractivity contribution is 7.96. The lowest BCUT2D eigenvalue weighted by atomic mass is 9.83. The first-order valence-electron chi connectivity index (χ1n) is 13.9. The first-order valence-corrected chi connectivity index (χ1v) is 15.7. The predicted octanol–water partition coefficient (Wildman–Crippen LogP) is 7.19. The Labute approximate surface area is 229 Å². The molecule has 2 atom stereocenters. The van der Waals surface area contributed by atoms with Gasteiger partial charge < -0.3 is 5.11 Å². The third-order valence-electron chi connectivity index (χ3n) is 7.69. The molecule has 0 saturated heterocycles. The molecule has 0 spiro atoms. The fourth-order valence-electron chi connectivity index (χ4n) is 5.86. The van der Waals surface area contributed by atoms with E-state index in [0.717, 1.165) is 24.8 Å². The molecule has 0 saturated carbocycles. The Morgan fingerprint density at radius 3 is 1.58 bits per heavy atom. The summed E-state index contributed by atoms with van der Waals surface area (Å²) in [6.07, 6.45) is 3.84. The summed E-state index contributed by atoms with van der Waals surface area (Å²) in [5, 5.41) is 16.0. The minimum Gasteiger partial charge on any atom is -0.385 e. The van der Waals surface area contributed by atoms with Crippen molar-refractivity contribution in [1.82, 2.24) is 0 Å². The van der Waals surface area contributed by atoms with Crippen molar-refractivity contribution in [3.8, 4) is 0 Å². The highest BCUT2D eigenvalue weighted by atomic mass is 31.2. The standard InChI is InChI=1S/C35H40O2P/c1-3-17-31(36)28-35(37,30-19-8-4-9-20-30)27-16-18-29(2)38(32-21-10-5-11-22-32,33-23-12-6-13-24-33)34-25-14-7-15-26-34/h4-15,19-26,29,37H,3,16-18,27-28H2,1-2H3/q+1. The molecule has 38 heavy (non-hydrogen) atoms. The third-order valence-corrected chi connectivity index (χ3v) is 12.6. The van der Waals surface area contributed by atoms with Gasteiger partial charge in [-0.05, 0) is 74.6 Å². The Hall–Kier alpha value is -3.06. The van der Waals surface area contributed by atoms with Crippen LogP contribution in [0.4, 0.5) is 0 Å². The van der Waals surface area contributed by atoms with Crippen molar-refractivity contribution in [2.75, 3.05) is 0 Å². The summed E-state index contributed by atoms with van der Waals surface area (Å²) in [6, 6.07) is 42.6. The number of hydrogen-bond acceptors (Lipinski definition) is 2. The van der Waals surface area contributed by atoms with E-state index in [0.29, 0.717) is 18.5 Å². The van der Waals surface area contributed by atoms with Crippen LogP contribution in [0.3, 0.4) is 0 Å². The third kappa shape index (κ3) is 6.15. The number of ketones is 1. The normalized spacial score (nSPS) is 14.0. The summed E-state index contributed by atoms with van der Waals surface area (Å²) >= 11 is 0. The maximum absolute atomic E-state index is 12.7. The van der Waals surface area contributed by atoms with Gasteiger partial charge in [-0.15, -0.1) is 0 Å². The van der Waals surface area contributed by atoms with Crippen molar-refractivity contribution in [1.29, 1.82) is 0 Å². The van der Waals surface area contributed by atoms with Crippen molar-refractivity contribution in [2.24, 2.45) is 0 Å². The highest BCUT2D eigenvalue weighted by Crippen LogP contribution is 2.61. The Balaban J connectivity index is 1.69. The Kier molecular flexibility index (Phi) is 9.67. The lowest BCUT2D eigenvalue weighted by Gasteiger charge is -2.34. The molecule has 4 rings (SSSR count). The van der Waals surface area contributed by atoms with E-state index in [2.05, 4.69) is 97.9 Å². The molecule has 196 valence electrons. The van der Waals surface area contributed by atoms with Gasteiger partial charge in [-0.3, -0.25) is 4.79 Å². The second kappa shape index (κ2) is 13.1. The monoisotopic (exact) mass is 523 g/mol. The van der Waals surface area contributed by atoms with Crippen molar-refractivity contribution in [3.05, 3.63) is 127 Å². The van der Waals surface area contributed by atoms with E-state index in [9.17, 15) is 9.90 Å². The van der Waals surface area contributed by atoms with Crippen LogP contribution >= 0.6 is 7.26 Å². The molecule has 4 aromatic carbocycles. The maximum atomic E-state index is 12.7. The van der Waals surface area contributed by atoms with E-state index in [-0.39, 0.29) is 12.2 Å². The number of aliphatic hydroxyl groups is 1. The van der Waals surface area contributed by atoms with Crippen LogP contribution in [0.1, 0.15) is 57.9 Å². The number of carbonyl (C=O) groups is 1. The number of rotatable bonds is 13. The lowest BCUT2D eigenvalue weighted by molar-refractivity contribution is -0.124. The number of carbonyl (C=O) groups excluding carboxylic acids is 1. The Morgan fingerprint density at radius 1 is 0.737 bits per heavy atom. The van der Waals surface area contributed by atoms with Gasteiger partial charge in [0.25, 0.3) is 0 Å². The van der Waals surface area contributed by atoms with Crippen LogP contribution in [0.15, 0.2) is 121 Å². The van der Waals surface area contributed by atoms with E-state index in [1.54, 1.807) is 0 Å². The summed E-state index contributed by atoms with van der Waals surface area (Å²) in [5.74, 6) is 0.131. The van der Waals surface area contributed by atoms with Gasteiger partial charge >= 0.3 is 0 Å². The average molecular weight is 524 g/mol. The molecule has 1 N–H and O–H groups in total. The fourth-order valence-corrected chi connectivity index (χ4v) is 10.8. The first-order chi connectivity index (χ1) is 18.5. The minimum atomic E-state index is -1.99. The molecule has 0 radical (unpaired) electrons. The second-order valence-corrected chi connectivity index (χ2v) is 14.2. The molecule has 0 aromatic heterocycles. The molecule has 0 aliphatic heterocycles. The SMILES string of the molecule is CCCC(=O)CC(O)(CCCC(C)[P+](c1ccccc1)(c1ccccc1)c1ccccc1)c1ccccc1. The van der Waals surface area contributed by atoms with Gasteiger partial charge in [-0.25, -0.2) is 0 Å². The Morgan fingerprint density at radius 2 is 1.16 bits per heavy atom. The van der Waals surface area contributed by atoms with Crippen LogP contribution in [0.25, 0.3) is 0 Å². The van der Waals surface area contributed by atoms with Gasteiger partial charge in [0.15, 0.2) is 0 Å². The van der Waals surface area contributed by atoms with E-state index in [4.69, 9.17) is 0 Å². The molecule has 0 aliphatic carbocycles. The van der Waals surface area contributed by atoms with Gasteiger partial charge in [0.1, 0.15) is 29.0 Å². The van der Waals surface area contributed by atoms with E-state index in [1.807, 2.05) is 37.3 Å². The summed E-state index contributed by atoms with van der Waals surface area (Å²) in [7, 11) is -1.99. The van der Waals surface area contributed by atoms with Crippen LogP contribution in [-0.4, -0.2) is 16.5 Å². The number of benzene rings is 4. The lowest BCUT2D eigenvalue weighted by Crippen LogP contribution is -2.38.